The Hall–Kier alpha value is -1.92. The Labute approximate surface area is 150 Å². The van der Waals surface area contributed by atoms with Crippen LogP contribution in [0.4, 0.5) is 0 Å². The average molecular weight is 346 g/mol. The van der Waals surface area contributed by atoms with Crippen LogP contribution in [0.25, 0.3) is 0 Å². The molecular weight excluding hydrogens is 316 g/mol. The fraction of sp³-hybridized carbons (Fsp3) is 0.579. The van der Waals surface area contributed by atoms with Crippen molar-refractivity contribution in [1.82, 2.24) is 15.3 Å². The van der Waals surface area contributed by atoms with Crippen LogP contribution in [0, 0.1) is 0 Å². The van der Waals surface area contributed by atoms with Gasteiger partial charge in [0.2, 0.25) is 0 Å². The van der Waals surface area contributed by atoms with Crippen molar-refractivity contribution in [1.29, 1.82) is 0 Å². The van der Waals surface area contributed by atoms with Gasteiger partial charge in [-0.25, -0.2) is 5.48 Å². The number of nitrogens with zero attached hydrogens (tertiary/aromatic N) is 3. The second kappa shape index (κ2) is 9.53. The zero-order valence-electron chi connectivity index (χ0n) is 15.5. The van der Waals surface area contributed by atoms with Crippen LogP contribution in [-0.4, -0.2) is 58.5 Å². The number of fused-ring (bicyclic) bond motifs is 1. The van der Waals surface area contributed by atoms with Gasteiger partial charge in [-0.2, -0.15) is 0 Å². The van der Waals surface area contributed by atoms with Gasteiger partial charge in [0.15, 0.2) is 0 Å². The van der Waals surface area contributed by atoms with E-state index in [0.29, 0.717) is 12.1 Å². The standard InChI is InChI=1S/C19H30N4O2/c1-4-7-8-16-17(14-22(5-2)6-3)23-12-11-15(13-18(23)20-16)9-10-19(24)21-25/h9-13,16-17,25H,4-8,14H2,1-3H3,(H,21,24)/b10-9+. The van der Waals surface area contributed by atoms with Crippen molar-refractivity contribution in [3.05, 3.63) is 36.1 Å². The van der Waals surface area contributed by atoms with E-state index in [1.54, 1.807) is 11.6 Å². The van der Waals surface area contributed by atoms with Gasteiger partial charge in [-0.1, -0.05) is 33.6 Å². The molecule has 25 heavy (non-hydrogen) atoms. The maximum Gasteiger partial charge on any atom is 0.267 e. The van der Waals surface area contributed by atoms with Gasteiger partial charge in [0.05, 0.1) is 12.1 Å². The lowest BCUT2D eigenvalue weighted by atomic mass is 10.0. The smallest absolute Gasteiger partial charge is 0.267 e. The number of carbonyl (C=O) groups is 1. The van der Waals surface area contributed by atoms with Crippen molar-refractivity contribution < 1.29 is 10.0 Å². The molecule has 0 spiro atoms. The first kappa shape index (κ1) is 19.4. The summed E-state index contributed by atoms with van der Waals surface area (Å²) in [6.07, 6.45) is 12.5. The van der Waals surface area contributed by atoms with Crippen LogP contribution in [0.5, 0.6) is 0 Å². The van der Waals surface area contributed by atoms with Gasteiger partial charge in [0, 0.05) is 18.8 Å². The van der Waals surface area contributed by atoms with Gasteiger partial charge in [0.25, 0.3) is 5.91 Å². The quantitative estimate of drug-likeness (QED) is 0.382. The van der Waals surface area contributed by atoms with Crippen molar-refractivity contribution in [3.63, 3.8) is 0 Å². The molecule has 6 heteroatoms. The van der Waals surface area contributed by atoms with Crippen LogP contribution in [0.3, 0.4) is 0 Å². The molecule has 0 saturated carbocycles. The fourth-order valence-electron chi connectivity index (χ4n) is 3.28. The molecule has 2 aliphatic rings. The van der Waals surface area contributed by atoms with Crippen LogP contribution in [0.1, 0.15) is 40.0 Å². The fourth-order valence-corrected chi connectivity index (χ4v) is 3.28. The number of amidine groups is 1. The van der Waals surface area contributed by atoms with Crippen molar-refractivity contribution in [2.24, 2.45) is 4.99 Å². The van der Waals surface area contributed by atoms with E-state index in [1.807, 2.05) is 12.2 Å². The van der Waals surface area contributed by atoms with E-state index in [4.69, 9.17) is 10.2 Å². The van der Waals surface area contributed by atoms with E-state index in [9.17, 15) is 4.79 Å². The summed E-state index contributed by atoms with van der Waals surface area (Å²) in [4.78, 5) is 20.8. The van der Waals surface area contributed by atoms with E-state index in [-0.39, 0.29) is 0 Å². The van der Waals surface area contributed by atoms with E-state index in [0.717, 1.165) is 37.5 Å². The summed E-state index contributed by atoms with van der Waals surface area (Å²) in [7, 11) is 0. The van der Waals surface area contributed by atoms with Gasteiger partial charge < -0.3 is 9.80 Å². The Kier molecular flexibility index (Phi) is 7.40. The van der Waals surface area contributed by atoms with Crippen LogP contribution in [-0.2, 0) is 4.79 Å². The molecule has 0 aromatic rings. The average Bonchev–Trinajstić information content (AvgIpc) is 2.98. The molecule has 2 N–H and O–H groups in total. The molecule has 6 nitrogen and oxygen atoms in total. The Bertz CT molecular complexity index is 576. The van der Waals surface area contributed by atoms with Crippen molar-refractivity contribution in [2.75, 3.05) is 19.6 Å². The number of likely N-dealkylation sites (N-methyl/N-ethyl adjacent to an activating group) is 1. The van der Waals surface area contributed by atoms with Crippen molar-refractivity contribution in [2.45, 2.75) is 52.1 Å². The van der Waals surface area contributed by atoms with Gasteiger partial charge in [0.1, 0.15) is 5.84 Å². The molecule has 0 aromatic heterocycles. The third-order valence-electron chi connectivity index (χ3n) is 4.82. The number of carbonyl (C=O) groups excluding carboxylic acids is 1. The molecule has 2 aliphatic heterocycles. The van der Waals surface area contributed by atoms with Crippen LogP contribution >= 0.6 is 0 Å². The van der Waals surface area contributed by atoms with Gasteiger partial charge >= 0.3 is 0 Å². The number of amides is 1. The largest absolute Gasteiger partial charge is 0.327 e. The van der Waals surface area contributed by atoms with E-state index >= 15 is 0 Å². The Morgan fingerprint density at radius 2 is 2.16 bits per heavy atom. The molecule has 0 radical (unpaired) electrons. The molecule has 1 amide bonds. The van der Waals surface area contributed by atoms with Crippen molar-refractivity contribution >= 4 is 11.7 Å². The zero-order valence-corrected chi connectivity index (χ0v) is 15.5. The lowest BCUT2D eigenvalue weighted by Crippen LogP contribution is -2.45. The molecular formula is C19H30N4O2. The topological polar surface area (TPSA) is 68.2 Å². The number of rotatable bonds is 9. The van der Waals surface area contributed by atoms with Gasteiger partial charge in [-0.3, -0.25) is 15.0 Å². The summed E-state index contributed by atoms with van der Waals surface area (Å²) in [5.74, 6) is 0.426. The molecule has 2 rings (SSSR count). The Balaban J connectivity index is 2.15. The minimum atomic E-state index is -0.537. The molecule has 0 fully saturated rings. The summed E-state index contributed by atoms with van der Waals surface area (Å²) < 4.78 is 0. The van der Waals surface area contributed by atoms with Crippen molar-refractivity contribution in [3.8, 4) is 0 Å². The zero-order chi connectivity index (χ0) is 18.2. The van der Waals surface area contributed by atoms with Crippen LogP contribution in [0.2, 0.25) is 0 Å². The number of allylic oxidation sites excluding steroid dienone is 3. The minimum absolute atomic E-state index is 0.306. The maximum absolute atomic E-state index is 11.1. The van der Waals surface area contributed by atoms with Crippen LogP contribution < -0.4 is 5.48 Å². The molecule has 0 aromatic carbocycles. The lowest BCUT2D eigenvalue weighted by Gasteiger charge is -2.32. The summed E-state index contributed by atoms with van der Waals surface area (Å²) in [5.41, 5.74) is 2.50. The van der Waals surface area contributed by atoms with Gasteiger partial charge in [-0.05, 0) is 43.3 Å². The summed E-state index contributed by atoms with van der Waals surface area (Å²) >= 11 is 0. The highest BCUT2D eigenvalue weighted by molar-refractivity contribution is 5.98. The van der Waals surface area contributed by atoms with Gasteiger partial charge in [-0.15, -0.1) is 0 Å². The molecule has 138 valence electrons. The summed E-state index contributed by atoms with van der Waals surface area (Å²) in [5, 5.41) is 8.57. The Morgan fingerprint density at radius 1 is 1.40 bits per heavy atom. The molecule has 2 unspecified atom stereocenters. The first-order valence-corrected chi connectivity index (χ1v) is 9.23. The third kappa shape index (κ3) is 5.03. The second-order valence-corrected chi connectivity index (χ2v) is 6.43. The highest BCUT2D eigenvalue weighted by Crippen LogP contribution is 2.27. The Morgan fingerprint density at radius 3 is 2.80 bits per heavy atom. The molecule has 2 heterocycles. The normalized spacial score (nSPS) is 22.4. The SMILES string of the molecule is CCCCC1N=C2C=C(/C=C/C(=O)NO)C=CN2C1CN(CC)CC. The predicted octanol–water partition coefficient (Wildman–Crippen LogP) is 2.49. The number of hydrogen-bond donors (Lipinski definition) is 2. The second-order valence-electron chi connectivity index (χ2n) is 6.43. The number of hydrogen-bond acceptors (Lipinski definition) is 5. The molecule has 0 saturated heterocycles. The van der Waals surface area contributed by atoms with E-state index < -0.39 is 5.91 Å². The lowest BCUT2D eigenvalue weighted by molar-refractivity contribution is -0.124. The first-order valence-electron chi connectivity index (χ1n) is 9.23. The highest BCUT2D eigenvalue weighted by Gasteiger charge is 2.35. The van der Waals surface area contributed by atoms with E-state index in [2.05, 4.69) is 36.8 Å². The highest BCUT2D eigenvalue weighted by atomic mass is 16.5. The number of unbranched alkanes of at least 4 members (excludes halogenated alkanes) is 1. The molecule has 2 atom stereocenters. The monoisotopic (exact) mass is 346 g/mol. The minimum Gasteiger partial charge on any atom is -0.327 e. The predicted molar refractivity (Wildman–Crippen MR) is 100 cm³/mol. The van der Waals surface area contributed by atoms with E-state index in [1.165, 1.54) is 18.9 Å². The number of hydroxylamine groups is 1. The molecule has 0 bridgehead atoms. The summed E-state index contributed by atoms with van der Waals surface area (Å²) in [6, 6.07) is 0.667. The number of nitrogens with one attached hydrogen (secondary N) is 1. The first-order chi connectivity index (χ1) is 12.1. The van der Waals surface area contributed by atoms with Crippen LogP contribution in [0.15, 0.2) is 41.1 Å². The summed E-state index contributed by atoms with van der Waals surface area (Å²) in [6.45, 7) is 9.69. The third-order valence-corrected chi connectivity index (χ3v) is 4.82. The molecule has 0 aliphatic carbocycles. The number of aliphatic imine (C=N–C) groups is 1. The maximum atomic E-state index is 11.1.